The van der Waals surface area contributed by atoms with Crippen LogP contribution in [-0.2, 0) is 9.47 Å². The van der Waals surface area contributed by atoms with Crippen molar-refractivity contribution in [3.8, 4) is 0 Å². The molecule has 1 rings (SSSR count). The Morgan fingerprint density at radius 3 is 2.77 bits per heavy atom. The zero-order valence-electron chi connectivity index (χ0n) is 8.68. The molecule has 13 heavy (non-hydrogen) atoms. The van der Waals surface area contributed by atoms with Gasteiger partial charge >= 0.3 is 0 Å². The number of methoxy groups -OCH3 is 1. The summed E-state index contributed by atoms with van der Waals surface area (Å²) in [5, 5.41) is 1.01. The summed E-state index contributed by atoms with van der Waals surface area (Å²) < 4.78 is 10.9. The van der Waals surface area contributed by atoms with Crippen molar-refractivity contribution in [2.75, 3.05) is 19.0 Å². The number of rotatable bonds is 4. The predicted molar refractivity (Wildman–Crippen MR) is 57.3 cm³/mol. The fraction of sp³-hybridized carbons (Fsp3) is 1.00. The zero-order chi connectivity index (χ0) is 9.90. The molecular weight excluding hydrogens is 232 g/mol. The molecule has 1 heterocycles. The molecule has 78 valence electrons. The minimum atomic E-state index is 0.287. The van der Waals surface area contributed by atoms with Gasteiger partial charge in [0.2, 0.25) is 0 Å². The second-order valence-corrected chi connectivity index (χ2v) is 4.57. The fourth-order valence-corrected chi connectivity index (χ4v) is 2.94. The van der Waals surface area contributed by atoms with Crippen molar-refractivity contribution in [1.29, 1.82) is 0 Å². The molecule has 0 spiro atoms. The second-order valence-electron chi connectivity index (χ2n) is 4.01. The first-order chi connectivity index (χ1) is 6.14. The normalized spacial score (nSPS) is 36.5. The van der Waals surface area contributed by atoms with E-state index in [-0.39, 0.29) is 5.41 Å². The molecule has 0 aromatic rings. The fourth-order valence-electron chi connectivity index (χ4n) is 1.97. The Labute approximate surface area is 89.1 Å². The largest absolute Gasteiger partial charge is 0.382 e. The number of halogens is 1. The molecule has 3 atom stereocenters. The van der Waals surface area contributed by atoms with Gasteiger partial charge in [-0.3, -0.25) is 0 Å². The summed E-state index contributed by atoms with van der Waals surface area (Å²) >= 11 is 3.60. The standard InChI is InChI=1S/C10H19BrO2/c1-8(12-3)6-10(7-11)4-5-13-9(10)2/h8-9H,4-7H2,1-3H3. The van der Waals surface area contributed by atoms with Crippen LogP contribution in [-0.4, -0.2) is 31.3 Å². The molecule has 0 bridgehead atoms. The van der Waals surface area contributed by atoms with Crippen molar-refractivity contribution in [3.63, 3.8) is 0 Å². The quantitative estimate of drug-likeness (QED) is 0.715. The van der Waals surface area contributed by atoms with Crippen LogP contribution in [0.15, 0.2) is 0 Å². The molecule has 3 heteroatoms. The Morgan fingerprint density at radius 1 is 1.69 bits per heavy atom. The van der Waals surface area contributed by atoms with Crippen molar-refractivity contribution in [2.45, 2.75) is 38.9 Å². The van der Waals surface area contributed by atoms with Gasteiger partial charge in [-0.1, -0.05) is 15.9 Å². The number of hydrogen-bond donors (Lipinski definition) is 0. The molecule has 0 saturated carbocycles. The molecule has 0 aromatic carbocycles. The molecule has 1 fully saturated rings. The van der Waals surface area contributed by atoms with Crippen molar-refractivity contribution in [2.24, 2.45) is 5.41 Å². The van der Waals surface area contributed by atoms with Crippen molar-refractivity contribution in [1.82, 2.24) is 0 Å². The van der Waals surface area contributed by atoms with Crippen molar-refractivity contribution >= 4 is 15.9 Å². The minimum absolute atomic E-state index is 0.287. The lowest BCUT2D eigenvalue weighted by Crippen LogP contribution is -2.34. The summed E-state index contributed by atoms with van der Waals surface area (Å²) in [6.07, 6.45) is 2.90. The van der Waals surface area contributed by atoms with Gasteiger partial charge in [-0.25, -0.2) is 0 Å². The Hall–Kier alpha value is 0.400. The SMILES string of the molecule is COC(C)CC1(CBr)CCOC1C. The van der Waals surface area contributed by atoms with E-state index in [0.717, 1.165) is 24.8 Å². The van der Waals surface area contributed by atoms with Crippen LogP contribution in [0.2, 0.25) is 0 Å². The van der Waals surface area contributed by atoms with Crippen LogP contribution >= 0.6 is 15.9 Å². The first-order valence-electron chi connectivity index (χ1n) is 4.85. The Morgan fingerprint density at radius 2 is 2.38 bits per heavy atom. The van der Waals surface area contributed by atoms with Gasteiger partial charge in [0.1, 0.15) is 0 Å². The van der Waals surface area contributed by atoms with Crippen LogP contribution in [0, 0.1) is 5.41 Å². The van der Waals surface area contributed by atoms with E-state index in [4.69, 9.17) is 9.47 Å². The highest BCUT2D eigenvalue weighted by Gasteiger charge is 2.41. The average molecular weight is 251 g/mol. The van der Waals surface area contributed by atoms with E-state index in [9.17, 15) is 0 Å². The van der Waals surface area contributed by atoms with Crippen LogP contribution in [0.3, 0.4) is 0 Å². The van der Waals surface area contributed by atoms with E-state index in [1.165, 1.54) is 0 Å². The lowest BCUT2D eigenvalue weighted by molar-refractivity contribution is 0.0272. The average Bonchev–Trinajstić information content (AvgIpc) is 2.48. The van der Waals surface area contributed by atoms with E-state index >= 15 is 0 Å². The van der Waals surface area contributed by atoms with Crippen LogP contribution < -0.4 is 0 Å². The molecule has 1 aliphatic heterocycles. The van der Waals surface area contributed by atoms with Gasteiger partial charge in [0.25, 0.3) is 0 Å². The predicted octanol–water partition coefficient (Wildman–Crippen LogP) is 2.60. The highest BCUT2D eigenvalue weighted by molar-refractivity contribution is 9.09. The first-order valence-corrected chi connectivity index (χ1v) is 5.97. The van der Waals surface area contributed by atoms with E-state index < -0.39 is 0 Å². The summed E-state index contributed by atoms with van der Waals surface area (Å²) in [5.74, 6) is 0. The van der Waals surface area contributed by atoms with Crippen LogP contribution in [0.25, 0.3) is 0 Å². The summed E-state index contributed by atoms with van der Waals surface area (Å²) in [6.45, 7) is 5.18. The monoisotopic (exact) mass is 250 g/mol. The third-order valence-electron chi connectivity index (χ3n) is 3.19. The highest BCUT2D eigenvalue weighted by atomic mass is 79.9. The summed E-state index contributed by atoms with van der Waals surface area (Å²) in [5.41, 5.74) is 0.287. The number of ether oxygens (including phenoxy) is 2. The molecule has 3 unspecified atom stereocenters. The van der Waals surface area contributed by atoms with Crippen molar-refractivity contribution < 1.29 is 9.47 Å². The summed E-state index contributed by atoms with van der Waals surface area (Å²) in [6, 6.07) is 0. The van der Waals surface area contributed by atoms with E-state index in [2.05, 4.69) is 29.8 Å². The molecule has 0 N–H and O–H groups in total. The molecule has 0 radical (unpaired) electrons. The van der Waals surface area contributed by atoms with E-state index in [1.807, 2.05) is 0 Å². The molecule has 0 aromatic heterocycles. The van der Waals surface area contributed by atoms with Gasteiger partial charge in [-0.15, -0.1) is 0 Å². The maximum atomic E-state index is 5.62. The summed E-state index contributed by atoms with van der Waals surface area (Å²) in [7, 11) is 1.77. The van der Waals surface area contributed by atoms with Crippen LogP contribution in [0.4, 0.5) is 0 Å². The van der Waals surface area contributed by atoms with Crippen LogP contribution in [0.5, 0.6) is 0 Å². The Bertz CT molecular complexity index is 163. The molecule has 1 aliphatic rings. The van der Waals surface area contributed by atoms with E-state index in [1.54, 1.807) is 7.11 Å². The maximum absolute atomic E-state index is 5.62. The van der Waals surface area contributed by atoms with Gasteiger partial charge in [0.15, 0.2) is 0 Å². The van der Waals surface area contributed by atoms with Gasteiger partial charge in [-0.05, 0) is 26.7 Å². The van der Waals surface area contributed by atoms with Gasteiger partial charge < -0.3 is 9.47 Å². The molecule has 2 nitrogen and oxygen atoms in total. The maximum Gasteiger partial charge on any atom is 0.0613 e. The number of hydrogen-bond acceptors (Lipinski definition) is 2. The smallest absolute Gasteiger partial charge is 0.0613 e. The number of alkyl halides is 1. The third kappa shape index (κ3) is 2.45. The molecular formula is C10H19BrO2. The summed E-state index contributed by atoms with van der Waals surface area (Å²) in [4.78, 5) is 0. The van der Waals surface area contributed by atoms with Gasteiger partial charge in [0, 0.05) is 24.5 Å². The van der Waals surface area contributed by atoms with Gasteiger partial charge in [-0.2, -0.15) is 0 Å². The zero-order valence-corrected chi connectivity index (χ0v) is 10.3. The lowest BCUT2D eigenvalue weighted by atomic mass is 9.79. The Kier molecular flexibility index (Phi) is 4.20. The topological polar surface area (TPSA) is 18.5 Å². The minimum Gasteiger partial charge on any atom is -0.382 e. The highest BCUT2D eigenvalue weighted by Crippen LogP contribution is 2.41. The molecule has 0 aliphatic carbocycles. The molecule has 0 amide bonds. The van der Waals surface area contributed by atoms with Crippen molar-refractivity contribution in [3.05, 3.63) is 0 Å². The lowest BCUT2D eigenvalue weighted by Gasteiger charge is -2.32. The Balaban J connectivity index is 2.58. The first kappa shape index (κ1) is 11.5. The van der Waals surface area contributed by atoms with E-state index in [0.29, 0.717) is 12.2 Å². The van der Waals surface area contributed by atoms with Crippen LogP contribution in [0.1, 0.15) is 26.7 Å². The molecule has 1 saturated heterocycles. The van der Waals surface area contributed by atoms with Gasteiger partial charge in [0.05, 0.1) is 12.2 Å². The third-order valence-corrected chi connectivity index (χ3v) is 4.31. The second kappa shape index (κ2) is 4.76.